The molecule has 2 aromatic rings. The molecule has 3 rings (SSSR count). The zero-order valence-corrected chi connectivity index (χ0v) is 18.8. The summed E-state index contributed by atoms with van der Waals surface area (Å²) in [5.41, 5.74) is 2.05. The zero-order chi connectivity index (χ0) is 21.7. The molecule has 1 aliphatic heterocycles. The predicted molar refractivity (Wildman–Crippen MR) is 127 cm³/mol. The SMILES string of the molecule is CN=C(NCc1ccc(N2CCCCCC2)nc1)Nc1cccc(OCCCOC)c1. The summed E-state index contributed by atoms with van der Waals surface area (Å²) >= 11 is 0. The number of guanidine groups is 1. The van der Waals surface area contributed by atoms with E-state index in [1.54, 1.807) is 14.2 Å². The minimum Gasteiger partial charge on any atom is -0.493 e. The Labute approximate surface area is 185 Å². The Morgan fingerprint density at radius 2 is 1.94 bits per heavy atom. The van der Waals surface area contributed by atoms with Crippen LogP contribution in [0, 0.1) is 0 Å². The monoisotopic (exact) mass is 425 g/mol. The maximum atomic E-state index is 5.77. The second-order valence-electron chi connectivity index (χ2n) is 7.70. The van der Waals surface area contributed by atoms with Crippen molar-refractivity contribution in [2.45, 2.75) is 38.6 Å². The van der Waals surface area contributed by atoms with Crippen molar-refractivity contribution in [3.63, 3.8) is 0 Å². The quantitative estimate of drug-likeness (QED) is 0.359. The van der Waals surface area contributed by atoms with E-state index in [1.807, 2.05) is 30.5 Å². The Hall–Kier alpha value is -2.80. The number of methoxy groups -OCH3 is 1. The summed E-state index contributed by atoms with van der Waals surface area (Å²) in [6.45, 7) is 4.19. The molecule has 2 N–H and O–H groups in total. The van der Waals surface area contributed by atoms with Gasteiger partial charge in [-0.1, -0.05) is 25.0 Å². The first-order chi connectivity index (χ1) is 15.3. The minimum absolute atomic E-state index is 0.630. The number of aliphatic imine (C=N–C) groups is 1. The largest absolute Gasteiger partial charge is 0.493 e. The molecule has 0 unspecified atom stereocenters. The van der Waals surface area contributed by atoms with Crippen LogP contribution in [-0.4, -0.2) is 51.4 Å². The van der Waals surface area contributed by atoms with E-state index in [4.69, 9.17) is 9.47 Å². The van der Waals surface area contributed by atoms with Crippen molar-refractivity contribution < 1.29 is 9.47 Å². The van der Waals surface area contributed by atoms with Crippen molar-refractivity contribution in [2.24, 2.45) is 4.99 Å². The number of rotatable bonds is 9. The van der Waals surface area contributed by atoms with E-state index in [9.17, 15) is 0 Å². The van der Waals surface area contributed by atoms with Gasteiger partial charge in [-0.05, 0) is 36.6 Å². The highest BCUT2D eigenvalue weighted by Crippen LogP contribution is 2.19. The highest BCUT2D eigenvalue weighted by Gasteiger charge is 2.11. The van der Waals surface area contributed by atoms with Gasteiger partial charge >= 0.3 is 0 Å². The molecular formula is C24H35N5O2. The average Bonchev–Trinajstić information content (AvgIpc) is 3.10. The predicted octanol–water partition coefficient (Wildman–Crippen LogP) is 4.06. The summed E-state index contributed by atoms with van der Waals surface area (Å²) in [6, 6.07) is 12.1. The number of hydrogen-bond donors (Lipinski definition) is 2. The molecule has 1 aliphatic rings. The smallest absolute Gasteiger partial charge is 0.195 e. The van der Waals surface area contributed by atoms with Gasteiger partial charge in [0.05, 0.1) is 6.61 Å². The fraction of sp³-hybridized carbons (Fsp3) is 0.500. The summed E-state index contributed by atoms with van der Waals surface area (Å²) in [7, 11) is 3.46. The molecule has 0 radical (unpaired) electrons. The van der Waals surface area contributed by atoms with Gasteiger partial charge in [-0.3, -0.25) is 4.99 Å². The first-order valence-corrected chi connectivity index (χ1v) is 11.2. The molecule has 0 aliphatic carbocycles. The van der Waals surface area contributed by atoms with Crippen molar-refractivity contribution in [3.8, 4) is 5.75 Å². The minimum atomic E-state index is 0.630. The first kappa shape index (κ1) is 22.9. The summed E-state index contributed by atoms with van der Waals surface area (Å²) < 4.78 is 10.8. The van der Waals surface area contributed by atoms with Crippen LogP contribution in [0.3, 0.4) is 0 Å². The van der Waals surface area contributed by atoms with Crippen molar-refractivity contribution in [1.29, 1.82) is 0 Å². The van der Waals surface area contributed by atoms with Crippen molar-refractivity contribution in [2.75, 3.05) is 50.7 Å². The number of hydrogen-bond acceptors (Lipinski definition) is 5. The van der Waals surface area contributed by atoms with Gasteiger partial charge in [0.15, 0.2) is 5.96 Å². The number of pyridine rings is 1. The number of aromatic nitrogens is 1. The Morgan fingerprint density at radius 1 is 1.10 bits per heavy atom. The van der Waals surface area contributed by atoms with E-state index in [-0.39, 0.29) is 0 Å². The van der Waals surface area contributed by atoms with Gasteiger partial charge < -0.3 is 25.0 Å². The Balaban J connectivity index is 1.49. The molecule has 0 amide bonds. The Morgan fingerprint density at radius 3 is 2.65 bits per heavy atom. The average molecular weight is 426 g/mol. The van der Waals surface area contributed by atoms with Crippen LogP contribution >= 0.6 is 0 Å². The lowest BCUT2D eigenvalue weighted by atomic mass is 10.2. The molecule has 31 heavy (non-hydrogen) atoms. The molecule has 0 saturated carbocycles. The van der Waals surface area contributed by atoms with E-state index >= 15 is 0 Å². The fourth-order valence-corrected chi connectivity index (χ4v) is 3.57. The lowest BCUT2D eigenvalue weighted by Crippen LogP contribution is -2.30. The zero-order valence-electron chi connectivity index (χ0n) is 18.8. The molecule has 0 bridgehead atoms. The third-order valence-electron chi connectivity index (χ3n) is 5.28. The summed E-state index contributed by atoms with van der Waals surface area (Å²) in [4.78, 5) is 11.4. The van der Waals surface area contributed by atoms with Crippen LogP contribution < -0.4 is 20.3 Å². The fourth-order valence-electron chi connectivity index (χ4n) is 3.57. The standard InChI is InChI=1S/C24H35N5O2/c1-25-24(28-21-9-7-10-22(17-21)31-16-8-15-30-2)27-19-20-11-12-23(26-18-20)29-13-5-3-4-6-14-29/h7,9-12,17-18H,3-6,8,13-16,19H2,1-2H3,(H2,25,27,28). The van der Waals surface area contributed by atoms with Crippen molar-refractivity contribution in [1.82, 2.24) is 10.3 Å². The van der Waals surface area contributed by atoms with Gasteiger partial charge in [-0.25, -0.2) is 4.98 Å². The highest BCUT2D eigenvalue weighted by molar-refractivity contribution is 5.93. The van der Waals surface area contributed by atoms with Gasteiger partial charge in [0.1, 0.15) is 11.6 Å². The van der Waals surface area contributed by atoms with Gasteiger partial charge in [0.2, 0.25) is 0 Å². The van der Waals surface area contributed by atoms with E-state index in [0.29, 0.717) is 25.7 Å². The molecule has 7 nitrogen and oxygen atoms in total. The topological polar surface area (TPSA) is 71.0 Å². The van der Waals surface area contributed by atoms with E-state index < -0.39 is 0 Å². The molecule has 0 spiro atoms. The molecule has 1 fully saturated rings. The first-order valence-electron chi connectivity index (χ1n) is 11.2. The maximum absolute atomic E-state index is 5.77. The lowest BCUT2D eigenvalue weighted by Gasteiger charge is -2.21. The van der Waals surface area contributed by atoms with Crippen LogP contribution in [0.25, 0.3) is 0 Å². The van der Waals surface area contributed by atoms with E-state index in [2.05, 4.69) is 37.6 Å². The third kappa shape index (κ3) is 7.75. The molecule has 1 aromatic heterocycles. The highest BCUT2D eigenvalue weighted by atomic mass is 16.5. The summed E-state index contributed by atoms with van der Waals surface area (Å²) in [5, 5.41) is 6.67. The van der Waals surface area contributed by atoms with Gasteiger partial charge in [0, 0.05) is 64.8 Å². The summed E-state index contributed by atoms with van der Waals surface area (Å²) in [6.07, 6.45) is 7.98. The second-order valence-corrected chi connectivity index (χ2v) is 7.70. The van der Waals surface area contributed by atoms with Gasteiger partial charge in [-0.15, -0.1) is 0 Å². The van der Waals surface area contributed by atoms with Gasteiger partial charge in [-0.2, -0.15) is 0 Å². The maximum Gasteiger partial charge on any atom is 0.195 e. The molecule has 0 atom stereocenters. The van der Waals surface area contributed by atoms with E-state index in [1.165, 1.54) is 25.7 Å². The Kier molecular flexibility index (Phi) is 9.44. The molecule has 168 valence electrons. The van der Waals surface area contributed by atoms with Crippen LogP contribution in [0.5, 0.6) is 5.75 Å². The lowest BCUT2D eigenvalue weighted by molar-refractivity contribution is 0.172. The number of ether oxygens (including phenoxy) is 2. The Bertz CT molecular complexity index is 802. The van der Waals surface area contributed by atoms with Crippen LogP contribution in [0.2, 0.25) is 0 Å². The summed E-state index contributed by atoms with van der Waals surface area (Å²) in [5.74, 6) is 2.61. The molecule has 7 heteroatoms. The van der Waals surface area contributed by atoms with Crippen molar-refractivity contribution >= 4 is 17.5 Å². The third-order valence-corrected chi connectivity index (χ3v) is 5.28. The van der Waals surface area contributed by atoms with Crippen LogP contribution in [0.1, 0.15) is 37.7 Å². The van der Waals surface area contributed by atoms with Crippen LogP contribution in [0.15, 0.2) is 47.6 Å². The number of anilines is 2. The molecule has 2 heterocycles. The molecular weight excluding hydrogens is 390 g/mol. The van der Waals surface area contributed by atoms with Gasteiger partial charge in [0.25, 0.3) is 0 Å². The van der Waals surface area contributed by atoms with Crippen LogP contribution in [0.4, 0.5) is 11.5 Å². The molecule has 1 saturated heterocycles. The number of benzene rings is 1. The number of nitrogens with one attached hydrogen (secondary N) is 2. The second kappa shape index (κ2) is 12.8. The van der Waals surface area contributed by atoms with Crippen LogP contribution in [-0.2, 0) is 11.3 Å². The molecule has 1 aromatic carbocycles. The van der Waals surface area contributed by atoms with Crippen molar-refractivity contribution in [3.05, 3.63) is 48.2 Å². The number of nitrogens with zero attached hydrogens (tertiary/aromatic N) is 3. The van der Waals surface area contributed by atoms with E-state index in [0.717, 1.165) is 42.3 Å². The normalized spacial score (nSPS) is 14.8.